The normalized spacial score (nSPS) is 17.3. The highest BCUT2D eigenvalue weighted by atomic mass is 16.2. The molecule has 4 aromatic rings. The van der Waals surface area contributed by atoms with Crippen LogP contribution in [-0.2, 0) is 6.42 Å². The molecule has 214 valence electrons. The van der Waals surface area contributed by atoms with Crippen LogP contribution >= 0.6 is 0 Å². The highest BCUT2D eigenvalue weighted by molar-refractivity contribution is 6.07. The van der Waals surface area contributed by atoms with Crippen molar-refractivity contribution in [3.8, 4) is 11.3 Å². The summed E-state index contributed by atoms with van der Waals surface area (Å²) in [5.74, 6) is 1.51. The van der Waals surface area contributed by atoms with Crippen LogP contribution in [0, 0.1) is 11.8 Å². The third-order valence-electron chi connectivity index (χ3n) is 8.39. The maximum atomic E-state index is 11.8. The third-order valence-corrected chi connectivity index (χ3v) is 8.39. The van der Waals surface area contributed by atoms with E-state index in [2.05, 4.69) is 84.9 Å². The van der Waals surface area contributed by atoms with E-state index in [1.807, 2.05) is 18.3 Å². The number of nitrogens with zero attached hydrogens (tertiary/aromatic N) is 2. The number of rotatable bonds is 9. The van der Waals surface area contributed by atoms with Gasteiger partial charge >= 0.3 is 6.03 Å². The second-order valence-corrected chi connectivity index (χ2v) is 11.7. The van der Waals surface area contributed by atoms with Crippen molar-refractivity contribution in [1.82, 2.24) is 15.3 Å². The fraction of sp³-hybridized carbons (Fsp3) is 0.400. The van der Waals surface area contributed by atoms with E-state index in [4.69, 9.17) is 9.98 Å². The van der Waals surface area contributed by atoms with Crippen LogP contribution in [0.5, 0.6) is 0 Å². The number of hydrogen-bond donors (Lipinski definition) is 3. The Morgan fingerprint density at radius 1 is 1.07 bits per heavy atom. The highest BCUT2D eigenvalue weighted by Crippen LogP contribution is 2.38. The molecule has 0 saturated carbocycles. The number of aromatic amines is 1. The van der Waals surface area contributed by atoms with Crippen molar-refractivity contribution >= 4 is 28.5 Å². The minimum atomic E-state index is -0.225. The number of fused-ring (bicyclic) bond motifs is 1. The Morgan fingerprint density at radius 2 is 1.90 bits per heavy atom. The summed E-state index contributed by atoms with van der Waals surface area (Å²) in [6.45, 7) is 7.70. The van der Waals surface area contributed by atoms with Gasteiger partial charge in [0.2, 0.25) is 0 Å². The van der Waals surface area contributed by atoms with Crippen molar-refractivity contribution < 1.29 is 4.79 Å². The number of hydrogen-bond acceptors (Lipinski definition) is 3. The number of carbonyl (C=O) groups excluding carboxylic acids is 1. The number of anilines is 1. The number of pyridine rings is 1. The molecule has 1 aliphatic heterocycles. The summed E-state index contributed by atoms with van der Waals surface area (Å²) in [5, 5.41) is 6.62. The maximum absolute atomic E-state index is 11.8. The molecular formula is C35H43N5O. The molecule has 2 amide bonds. The van der Waals surface area contributed by atoms with Gasteiger partial charge in [-0.3, -0.25) is 4.99 Å². The standard InChI is InChI=1S/C35H43N5O/c1-5-24-16-18-37-33(26-12-14-28(15-13-26)39-35(41)36-4)30(21-24)29-17-19-38-34-31(29)22-32(40-34)27-11-7-10-25(20-27)9-6-8-23(2)3/h7,10-15,17,19-20,22-24,30H,5-6,8-9,16,18,21H2,1-4H3,(H,38,40)(H2,36,39,41). The van der Waals surface area contributed by atoms with Crippen LogP contribution in [-0.4, -0.2) is 35.3 Å². The smallest absolute Gasteiger partial charge is 0.318 e. The number of aryl methyl sites for hydroxylation is 1. The highest BCUT2D eigenvalue weighted by Gasteiger charge is 2.28. The quantitative estimate of drug-likeness (QED) is 0.196. The van der Waals surface area contributed by atoms with Gasteiger partial charge in [-0.2, -0.15) is 0 Å². The first-order valence-electron chi connectivity index (χ1n) is 15.2. The van der Waals surface area contributed by atoms with Crippen LogP contribution < -0.4 is 10.6 Å². The summed E-state index contributed by atoms with van der Waals surface area (Å²) in [6, 6.07) is 21.2. The Bertz CT molecular complexity index is 1500. The van der Waals surface area contributed by atoms with E-state index < -0.39 is 0 Å². The van der Waals surface area contributed by atoms with Crippen molar-refractivity contribution in [3.63, 3.8) is 0 Å². The van der Waals surface area contributed by atoms with Gasteiger partial charge in [0.25, 0.3) is 0 Å². The zero-order valence-electron chi connectivity index (χ0n) is 24.8. The van der Waals surface area contributed by atoms with Gasteiger partial charge in [0.05, 0.1) is 0 Å². The van der Waals surface area contributed by atoms with Gasteiger partial charge in [0.15, 0.2) is 0 Å². The fourth-order valence-electron chi connectivity index (χ4n) is 6.01. The summed E-state index contributed by atoms with van der Waals surface area (Å²) in [7, 11) is 1.62. The first-order chi connectivity index (χ1) is 19.9. The summed E-state index contributed by atoms with van der Waals surface area (Å²) in [5.41, 5.74) is 8.87. The number of carbonyl (C=O) groups is 1. The molecule has 5 rings (SSSR count). The molecule has 0 bridgehead atoms. The molecule has 6 nitrogen and oxygen atoms in total. The average Bonchev–Trinajstić information content (AvgIpc) is 3.31. The monoisotopic (exact) mass is 549 g/mol. The molecule has 41 heavy (non-hydrogen) atoms. The number of amides is 2. The molecule has 1 aliphatic rings. The molecule has 0 aliphatic carbocycles. The number of H-pyrrole nitrogens is 1. The molecule has 0 saturated heterocycles. The lowest BCUT2D eigenvalue weighted by atomic mass is 9.81. The second kappa shape index (κ2) is 13.2. The van der Waals surface area contributed by atoms with Gasteiger partial charge in [-0.15, -0.1) is 0 Å². The van der Waals surface area contributed by atoms with Gasteiger partial charge in [0, 0.05) is 48.2 Å². The Labute approximate surface area is 244 Å². The largest absolute Gasteiger partial charge is 0.341 e. The van der Waals surface area contributed by atoms with Crippen LogP contribution in [0.25, 0.3) is 22.3 Å². The molecule has 2 aromatic carbocycles. The predicted octanol–water partition coefficient (Wildman–Crippen LogP) is 8.35. The zero-order valence-corrected chi connectivity index (χ0v) is 24.8. The first-order valence-corrected chi connectivity index (χ1v) is 15.2. The number of aromatic nitrogens is 2. The van der Waals surface area contributed by atoms with E-state index in [9.17, 15) is 4.79 Å². The summed E-state index contributed by atoms with van der Waals surface area (Å²) < 4.78 is 0. The van der Waals surface area contributed by atoms with Gasteiger partial charge < -0.3 is 15.6 Å². The van der Waals surface area contributed by atoms with Crippen LogP contribution in [0.1, 0.15) is 75.5 Å². The molecule has 3 heterocycles. The summed E-state index contributed by atoms with van der Waals surface area (Å²) >= 11 is 0. The van der Waals surface area contributed by atoms with Gasteiger partial charge in [-0.1, -0.05) is 63.9 Å². The summed E-state index contributed by atoms with van der Waals surface area (Å²) in [4.78, 5) is 25.3. The number of nitrogens with one attached hydrogen (secondary N) is 3. The van der Waals surface area contributed by atoms with Crippen molar-refractivity contribution in [2.45, 2.75) is 65.2 Å². The fourth-order valence-corrected chi connectivity index (χ4v) is 6.01. The molecule has 0 spiro atoms. The number of aliphatic imine (C=N–C) groups is 1. The van der Waals surface area contributed by atoms with Crippen molar-refractivity contribution in [2.75, 3.05) is 18.9 Å². The summed E-state index contributed by atoms with van der Waals surface area (Å²) in [6.07, 6.45) is 8.80. The minimum absolute atomic E-state index is 0.164. The van der Waals surface area contributed by atoms with E-state index in [1.165, 1.54) is 34.9 Å². The van der Waals surface area contributed by atoms with Gasteiger partial charge in [-0.25, -0.2) is 9.78 Å². The van der Waals surface area contributed by atoms with E-state index >= 15 is 0 Å². The molecule has 6 heteroatoms. The molecule has 3 N–H and O–H groups in total. The third kappa shape index (κ3) is 6.87. The van der Waals surface area contributed by atoms with E-state index in [0.717, 1.165) is 66.4 Å². The van der Waals surface area contributed by atoms with Crippen molar-refractivity contribution in [3.05, 3.63) is 83.6 Å². The van der Waals surface area contributed by atoms with Crippen LogP contribution in [0.2, 0.25) is 0 Å². The predicted molar refractivity (Wildman–Crippen MR) is 171 cm³/mol. The van der Waals surface area contributed by atoms with Gasteiger partial charge in [-0.05, 0) is 90.1 Å². The van der Waals surface area contributed by atoms with Crippen LogP contribution in [0.15, 0.2) is 71.9 Å². The van der Waals surface area contributed by atoms with Gasteiger partial charge in [0.1, 0.15) is 5.65 Å². The zero-order chi connectivity index (χ0) is 28.8. The van der Waals surface area contributed by atoms with E-state index in [0.29, 0.717) is 5.92 Å². The molecule has 0 radical (unpaired) electrons. The molecular weight excluding hydrogens is 506 g/mol. The molecule has 2 unspecified atom stereocenters. The van der Waals surface area contributed by atoms with Crippen LogP contribution in [0.3, 0.4) is 0 Å². The topological polar surface area (TPSA) is 82.2 Å². The average molecular weight is 550 g/mol. The lowest BCUT2D eigenvalue weighted by Gasteiger charge is -2.23. The second-order valence-electron chi connectivity index (χ2n) is 11.7. The van der Waals surface area contributed by atoms with Crippen molar-refractivity contribution in [2.24, 2.45) is 16.8 Å². The lowest BCUT2D eigenvalue weighted by Crippen LogP contribution is -2.24. The molecule has 2 aromatic heterocycles. The Balaban J connectivity index is 1.49. The Hall–Kier alpha value is -3.93. The Kier molecular flexibility index (Phi) is 9.17. The van der Waals surface area contributed by atoms with E-state index in [1.54, 1.807) is 7.05 Å². The Morgan fingerprint density at radius 3 is 2.66 bits per heavy atom. The lowest BCUT2D eigenvalue weighted by molar-refractivity contribution is 0.254. The van der Waals surface area contributed by atoms with Crippen LogP contribution in [0.4, 0.5) is 10.5 Å². The van der Waals surface area contributed by atoms with Crippen molar-refractivity contribution in [1.29, 1.82) is 0 Å². The minimum Gasteiger partial charge on any atom is -0.341 e. The molecule has 2 atom stereocenters. The first kappa shape index (κ1) is 28.6. The SMILES string of the molecule is CCC1CCN=C(c2ccc(NC(=O)NC)cc2)C(c2ccnc3[nH]c(-c4cccc(CCCC(C)C)c4)cc23)C1. The number of urea groups is 1. The molecule has 0 fully saturated rings. The van der Waals surface area contributed by atoms with E-state index in [-0.39, 0.29) is 11.9 Å². The number of benzene rings is 2. The maximum Gasteiger partial charge on any atom is 0.318 e.